The first-order valence-corrected chi connectivity index (χ1v) is 11.4. The number of aliphatic hydroxyl groups excluding tert-OH is 1. The molecule has 3 aromatic carbocycles. The zero-order valence-electron chi connectivity index (χ0n) is 20.8. The molecule has 1 fully saturated rings. The maximum absolute atomic E-state index is 14.1. The van der Waals surface area contributed by atoms with Gasteiger partial charge in [-0.25, -0.2) is 4.39 Å². The highest BCUT2D eigenvalue weighted by Gasteiger charge is 2.47. The molecule has 2 amide bonds. The average molecular weight is 504 g/mol. The Hall–Kier alpha value is -4.66. The van der Waals surface area contributed by atoms with E-state index >= 15 is 0 Å². The van der Waals surface area contributed by atoms with Crippen LogP contribution in [-0.2, 0) is 14.4 Å². The van der Waals surface area contributed by atoms with Gasteiger partial charge in [-0.3, -0.25) is 19.3 Å². The standard InChI is InChI=1S/C28H26FN3O5/c1-16(33)30-19-8-12-21(13-9-19)32-25(17-5-10-20(11-6-17)31(2)3)24(27(35)28(32)36)26(34)22-15-18(29)7-14-23(22)37-4/h5-15,25,34H,1-4H3,(H,30,33)/b26-24+. The molecule has 1 aliphatic rings. The molecule has 0 radical (unpaired) electrons. The Balaban J connectivity index is 1.92. The van der Waals surface area contributed by atoms with Crippen LogP contribution in [0.1, 0.15) is 24.1 Å². The zero-order chi connectivity index (χ0) is 26.9. The van der Waals surface area contributed by atoms with E-state index < -0.39 is 29.3 Å². The van der Waals surface area contributed by atoms with Gasteiger partial charge in [0.15, 0.2) is 0 Å². The number of rotatable bonds is 6. The maximum atomic E-state index is 14.1. The number of carbonyl (C=O) groups excluding carboxylic acids is 3. The largest absolute Gasteiger partial charge is 0.507 e. The summed E-state index contributed by atoms with van der Waals surface area (Å²) in [5.74, 6) is -3.07. The lowest BCUT2D eigenvalue weighted by Gasteiger charge is -2.26. The first-order chi connectivity index (χ1) is 17.6. The summed E-state index contributed by atoms with van der Waals surface area (Å²) in [5, 5.41) is 14.0. The number of ketones is 1. The van der Waals surface area contributed by atoms with E-state index in [1.807, 2.05) is 31.1 Å². The number of nitrogens with zero attached hydrogens (tertiary/aromatic N) is 2. The van der Waals surface area contributed by atoms with Crippen molar-refractivity contribution < 1.29 is 28.6 Å². The number of Topliss-reactive ketones (excluding diaryl/α,β-unsaturated/α-hetero) is 1. The van der Waals surface area contributed by atoms with Crippen LogP contribution in [0.2, 0.25) is 0 Å². The molecule has 0 aromatic heterocycles. The molecule has 0 spiro atoms. The Labute approximate surface area is 213 Å². The molecular weight excluding hydrogens is 477 g/mol. The molecule has 1 atom stereocenters. The maximum Gasteiger partial charge on any atom is 0.300 e. The fourth-order valence-corrected chi connectivity index (χ4v) is 4.29. The van der Waals surface area contributed by atoms with Gasteiger partial charge in [-0.1, -0.05) is 12.1 Å². The number of ether oxygens (including phenoxy) is 1. The number of carbonyl (C=O) groups is 3. The second-order valence-corrected chi connectivity index (χ2v) is 8.73. The van der Waals surface area contributed by atoms with Gasteiger partial charge in [0.05, 0.1) is 24.3 Å². The zero-order valence-corrected chi connectivity index (χ0v) is 20.8. The Kier molecular flexibility index (Phi) is 6.97. The van der Waals surface area contributed by atoms with Gasteiger partial charge in [-0.2, -0.15) is 0 Å². The Bertz CT molecular complexity index is 1400. The third kappa shape index (κ3) is 4.88. The predicted octanol–water partition coefficient (Wildman–Crippen LogP) is 4.49. The van der Waals surface area contributed by atoms with Gasteiger partial charge < -0.3 is 20.1 Å². The molecule has 1 saturated heterocycles. The van der Waals surface area contributed by atoms with Gasteiger partial charge in [-0.15, -0.1) is 0 Å². The lowest BCUT2D eigenvalue weighted by atomic mass is 9.94. The van der Waals surface area contributed by atoms with Crippen molar-refractivity contribution in [3.8, 4) is 5.75 Å². The Morgan fingerprint density at radius 1 is 1.03 bits per heavy atom. The van der Waals surface area contributed by atoms with Crippen LogP contribution < -0.4 is 19.9 Å². The number of benzene rings is 3. The van der Waals surface area contributed by atoms with E-state index in [1.165, 1.54) is 31.1 Å². The van der Waals surface area contributed by atoms with Gasteiger partial charge in [0.25, 0.3) is 11.7 Å². The normalized spacial score (nSPS) is 16.6. The van der Waals surface area contributed by atoms with Crippen LogP contribution in [0.15, 0.2) is 72.3 Å². The van der Waals surface area contributed by atoms with E-state index in [-0.39, 0.29) is 22.8 Å². The number of methoxy groups -OCH3 is 1. The number of halogens is 1. The second-order valence-electron chi connectivity index (χ2n) is 8.73. The molecule has 0 aliphatic carbocycles. The van der Waals surface area contributed by atoms with Crippen LogP contribution in [0.3, 0.4) is 0 Å². The lowest BCUT2D eigenvalue weighted by molar-refractivity contribution is -0.132. The van der Waals surface area contributed by atoms with Gasteiger partial charge >= 0.3 is 0 Å². The van der Waals surface area contributed by atoms with Crippen molar-refractivity contribution in [3.05, 3.63) is 89.2 Å². The van der Waals surface area contributed by atoms with E-state index in [0.717, 1.165) is 11.8 Å². The molecule has 1 aliphatic heterocycles. The van der Waals surface area contributed by atoms with Crippen LogP contribution in [0.5, 0.6) is 5.75 Å². The van der Waals surface area contributed by atoms with Gasteiger partial charge in [0.2, 0.25) is 5.91 Å². The molecule has 0 bridgehead atoms. The van der Waals surface area contributed by atoms with E-state index in [9.17, 15) is 23.9 Å². The molecule has 8 nitrogen and oxygen atoms in total. The lowest BCUT2D eigenvalue weighted by Crippen LogP contribution is -2.29. The van der Waals surface area contributed by atoms with Crippen molar-refractivity contribution in [2.24, 2.45) is 0 Å². The molecule has 1 unspecified atom stereocenters. The third-order valence-corrected chi connectivity index (χ3v) is 6.05. The number of hydrogen-bond acceptors (Lipinski definition) is 6. The summed E-state index contributed by atoms with van der Waals surface area (Å²) in [6.07, 6.45) is 0. The summed E-state index contributed by atoms with van der Waals surface area (Å²) >= 11 is 0. The number of aliphatic hydroxyl groups is 1. The van der Waals surface area contributed by atoms with Crippen LogP contribution in [0.4, 0.5) is 21.5 Å². The summed E-state index contributed by atoms with van der Waals surface area (Å²) in [4.78, 5) is 41.3. The second kappa shape index (κ2) is 10.1. The smallest absolute Gasteiger partial charge is 0.300 e. The Morgan fingerprint density at radius 2 is 1.68 bits per heavy atom. The third-order valence-electron chi connectivity index (χ3n) is 6.05. The molecule has 2 N–H and O–H groups in total. The minimum absolute atomic E-state index is 0.0450. The van der Waals surface area contributed by atoms with Crippen molar-refractivity contribution in [3.63, 3.8) is 0 Å². The van der Waals surface area contributed by atoms with Crippen molar-refractivity contribution >= 4 is 40.4 Å². The molecular formula is C28H26FN3O5. The monoisotopic (exact) mass is 503 g/mol. The molecule has 3 aromatic rings. The first-order valence-electron chi connectivity index (χ1n) is 11.4. The van der Waals surface area contributed by atoms with Crippen LogP contribution in [0, 0.1) is 5.82 Å². The number of anilines is 3. The number of amides is 2. The average Bonchev–Trinajstić information content (AvgIpc) is 3.14. The highest BCUT2D eigenvalue weighted by molar-refractivity contribution is 6.51. The molecule has 37 heavy (non-hydrogen) atoms. The van der Waals surface area contributed by atoms with E-state index in [4.69, 9.17) is 4.74 Å². The molecule has 4 rings (SSSR count). The van der Waals surface area contributed by atoms with Crippen molar-refractivity contribution in [2.45, 2.75) is 13.0 Å². The highest BCUT2D eigenvalue weighted by Crippen LogP contribution is 2.43. The summed E-state index contributed by atoms with van der Waals surface area (Å²) in [6, 6.07) is 16.2. The van der Waals surface area contributed by atoms with E-state index in [0.29, 0.717) is 16.9 Å². The fourth-order valence-electron chi connectivity index (χ4n) is 4.29. The minimum Gasteiger partial charge on any atom is -0.507 e. The molecule has 9 heteroatoms. The molecule has 0 saturated carbocycles. The van der Waals surface area contributed by atoms with Crippen LogP contribution >= 0.6 is 0 Å². The highest BCUT2D eigenvalue weighted by atomic mass is 19.1. The van der Waals surface area contributed by atoms with Crippen molar-refractivity contribution in [1.82, 2.24) is 0 Å². The van der Waals surface area contributed by atoms with Gasteiger partial charge in [0, 0.05) is 38.1 Å². The van der Waals surface area contributed by atoms with Crippen LogP contribution in [-0.4, -0.2) is 43.9 Å². The van der Waals surface area contributed by atoms with Crippen molar-refractivity contribution in [2.75, 3.05) is 36.3 Å². The minimum atomic E-state index is -1.00. The summed E-state index contributed by atoms with van der Waals surface area (Å²) in [5.41, 5.74) is 2.11. The SMILES string of the molecule is COc1ccc(F)cc1/C(O)=C1\C(=O)C(=O)N(c2ccc(NC(C)=O)cc2)C1c1ccc(N(C)C)cc1. The molecule has 190 valence electrons. The topological polar surface area (TPSA) is 99.2 Å². The summed E-state index contributed by atoms with van der Waals surface area (Å²) in [6.45, 7) is 1.38. The fraction of sp³-hybridized carbons (Fsp3) is 0.179. The summed E-state index contributed by atoms with van der Waals surface area (Å²) in [7, 11) is 5.12. The quantitative estimate of drug-likeness (QED) is 0.292. The van der Waals surface area contributed by atoms with E-state index in [2.05, 4.69) is 5.32 Å². The Morgan fingerprint density at radius 3 is 2.24 bits per heavy atom. The predicted molar refractivity (Wildman–Crippen MR) is 139 cm³/mol. The first kappa shape index (κ1) is 25.4. The van der Waals surface area contributed by atoms with E-state index in [1.54, 1.807) is 36.4 Å². The molecule has 1 heterocycles. The van der Waals surface area contributed by atoms with Crippen molar-refractivity contribution in [1.29, 1.82) is 0 Å². The van der Waals surface area contributed by atoms with Gasteiger partial charge in [-0.05, 0) is 60.2 Å². The van der Waals surface area contributed by atoms with Crippen LogP contribution in [0.25, 0.3) is 5.76 Å². The van der Waals surface area contributed by atoms with Gasteiger partial charge in [0.1, 0.15) is 17.3 Å². The number of hydrogen-bond donors (Lipinski definition) is 2. The number of nitrogens with one attached hydrogen (secondary N) is 1. The summed E-state index contributed by atoms with van der Waals surface area (Å²) < 4.78 is 19.4.